The Morgan fingerprint density at radius 1 is 0.833 bits per heavy atom. The van der Waals surface area contributed by atoms with Crippen LogP contribution in [0.5, 0.6) is 5.75 Å². The van der Waals surface area contributed by atoms with Gasteiger partial charge in [0.05, 0.1) is 12.2 Å². The highest BCUT2D eigenvalue weighted by Gasteiger charge is 2.12. The first-order chi connectivity index (χ1) is 17.7. The van der Waals surface area contributed by atoms with E-state index in [1.807, 2.05) is 95.8 Å². The van der Waals surface area contributed by atoms with Crippen LogP contribution >= 0.6 is 0 Å². The van der Waals surface area contributed by atoms with Gasteiger partial charge in [-0.2, -0.15) is 5.10 Å². The summed E-state index contributed by atoms with van der Waals surface area (Å²) in [6, 6.07) is 31.3. The normalized spacial score (nSPS) is 10.7. The van der Waals surface area contributed by atoms with E-state index in [2.05, 4.69) is 27.5 Å². The van der Waals surface area contributed by atoms with Gasteiger partial charge in [-0.05, 0) is 58.7 Å². The second-order valence-corrected chi connectivity index (χ2v) is 8.39. The number of ether oxygens (including phenoxy) is 1. The minimum atomic E-state index is -0.119. The van der Waals surface area contributed by atoms with Gasteiger partial charge in [0.25, 0.3) is 5.91 Å². The Kier molecular flexibility index (Phi) is 7.14. The van der Waals surface area contributed by atoms with Crippen LogP contribution in [0.2, 0.25) is 0 Å². The molecule has 0 aliphatic rings. The molecule has 0 atom stereocenters. The summed E-state index contributed by atoms with van der Waals surface area (Å²) in [5, 5.41) is 7.31. The molecule has 0 bridgehead atoms. The summed E-state index contributed by atoms with van der Waals surface area (Å²) in [4.78, 5) is 17.4. The zero-order valence-electron chi connectivity index (χ0n) is 19.7. The average Bonchev–Trinajstić information content (AvgIpc) is 3.45. The molecule has 0 fully saturated rings. The lowest BCUT2D eigenvalue weighted by atomic mass is 9.98. The molecule has 0 unspecified atom stereocenters. The fourth-order valence-electron chi connectivity index (χ4n) is 3.97. The molecule has 178 valence electrons. The van der Waals surface area contributed by atoms with Crippen LogP contribution in [0.15, 0.2) is 116 Å². The Labute approximate surface area is 210 Å². The third kappa shape index (κ3) is 5.85. The molecule has 36 heavy (non-hydrogen) atoms. The Bertz CT molecular complexity index is 1420. The number of rotatable bonds is 9. The summed E-state index contributed by atoms with van der Waals surface area (Å²) in [6.07, 6.45) is 5.46. The van der Waals surface area contributed by atoms with Gasteiger partial charge in [0.2, 0.25) is 0 Å². The summed E-state index contributed by atoms with van der Waals surface area (Å²) < 4.78 is 7.75. The molecular weight excluding hydrogens is 448 g/mol. The van der Waals surface area contributed by atoms with E-state index >= 15 is 0 Å². The van der Waals surface area contributed by atoms with Gasteiger partial charge in [0.15, 0.2) is 0 Å². The van der Waals surface area contributed by atoms with E-state index in [4.69, 9.17) is 4.74 Å². The molecule has 5 rings (SSSR count). The second kappa shape index (κ2) is 11.1. The van der Waals surface area contributed by atoms with Crippen molar-refractivity contribution in [1.29, 1.82) is 0 Å². The fraction of sp³-hybridized carbons (Fsp3) is 0.100. The Morgan fingerprint density at radius 3 is 2.50 bits per heavy atom. The van der Waals surface area contributed by atoms with Gasteiger partial charge >= 0.3 is 0 Å². The first-order valence-electron chi connectivity index (χ1n) is 11.8. The Morgan fingerprint density at radius 2 is 1.69 bits per heavy atom. The number of amides is 1. The summed E-state index contributed by atoms with van der Waals surface area (Å²) in [7, 11) is 0. The van der Waals surface area contributed by atoms with E-state index in [9.17, 15) is 4.79 Å². The molecule has 0 radical (unpaired) electrons. The summed E-state index contributed by atoms with van der Waals surface area (Å²) >= 11 is 0. The van der Waals surface area contributed by atoms with E-state index in [0.717, 1.165) is 33.7 Å². The molecule has 0 aliphatic heterocycles. The zero-order valence-corrected chi connectivity index (χ0v) is 19.7. The molecule has 3 aromatic carbocycles. The van der Waals surface area contributed by atoms with Crippen molar-refractivity contribution < 1.29 is 9.53 Å². The molecule has 0 aliphatic carbocycles. The van der Waals surface area contributed by atoms with Crippen molar-refractivity contribution in [2.24, 2.45) is 0 Å². The van der Waals surface area contributed by atoms with E-state index in [1.54, 1.807) is 12.4 Å². The predicted octanol–water partition coefficient (Wildman–Crippen LogP) is 5.50. The topological polar surface area (TPSA) is 69.0 Å². The molecule has 2 aromatic heterocycles. The number of nitrogens with one attached hydrogen (secondary N) is 1. The number of carbonyl (C=O) groups is 1. The fourth-order valence-corrected chi connectivity index (χ4v) is 3.97. The molecule has 2 heterocycles. The van der Waals surface area contributed by atoms with Crippen LogP contribution in [0, 0.1) is 0 Å². The van der Waals surface area contributed by atoms with Gasteiger partial charge in [-0.3, -0.25) is 14.5 Å². The maximum Gasteiger partial charge on any atom is 0.252 e. The van der Waals surface area contributed by atoms with E-state index in [0.29, 0.717) is 25.3 Å². The summed E-state index contributed by atoms with van der Waals surface area (Å²) in [5.41, 5.74) is 5.50. The number of nitrogens with zero attached hydrogens (tertiary/aromatic N) is 3. The minimum absolute atomic E-state index is 0.119. The number of aromatic nitrogens is 3. The predicted molar refractivity (Wildman–Crippen MR) is 139 cm³/mol. The van der Waals surface area contributed by atoms with Gasteiger partial charge in [0, 0.05) is 30.7 Å². The van der Waals surface area contributed by atoms with E-state index in [-0.39, 0.29) is 5.91 Å². The minimum Gasteiger partial charge on any atom is -0.487 e. The van der Waals surface area contributed by atoms with Gasteiger partial charge in [0.1, 0.15) is 12.4 Å². The van der Waals surface area contributed by atoms with E-state index < -0.39 is 0 Å². The smallest absolute Gasteiger partial charge is 0.252 e. The van der Waals surface area contributed by atoms with Crippen LogP contribution in [0.1, 0.15) is 27.2 Å². The molecule has 0 spiro atoms. The maximum absolute atomic E-state index is 13.1. The maximum atomic E-state index is 13.1. The Hall–Kier alpha value is -4.71. The van der Waals surface area contributed by atoms with Crippen molar-refractivity contribution in [3.05, 3.63) is 138 Å². The highest BCUT2D eigenvalue weighted by molar-refractivity contribution is 6.00. The van der Waals surface area contributed by atoms with Crippen LogP contribution < -0.4 is 10.1 Å². The Balaban J connectivity index is 1.23. The monoisotopic (exact) mass is 474 g/mol. The van der Waals surface area contributed by atoms with Crippen molar-refractivity contribution in [2.75, 3.05) is 0 Å². The molecule has 6 heteroatoms. The number of hydrogen-bond donors (Lipinski definition) is 1. The number of hydrogen-bond acceptors (Lipinski definition) is 4. The molecule has 1 N–H and O–H groups in total. The van der Waals surface area contributed by atoms with Gasteiger partial charge < -0.3 is 10.1 Å². The zero-order chi connectivity index (χ0) is 24.6. The molecule has 0 saturated heterocycles. The van der Waals surface area contributed by atoms with Crippen LogP contribution in [0.3, 0.4) is 0 Å². The summed E-state index contributed by atoms with van der Waals surface area (Å²) in [6.45, 7) is 1.50. The van der Waals surface area contributed by atoms with Crippen molar-refractivity contribution in [2.45, 2.75) is 19.7 Å². The number of benzene rings is 3. The van der Waals surface area contributed by atoms with Crippen molar-refractivity contribution in [3.8, 4) is 16.9 Å². The van der Waals surface area contributed by atoms with Crippen LogP contribution in [0.4, 0.5) is 0 Å². The van der Waals surface area contributed by atoms with Crippen molar-refractivity contribution >= 4 is 5.91 Å². The van der Waals surface area contributed by atoms with Crippen LogP contribution in [0.25, 0.3) is 11.1 Å². The van der Waals surface area contributed by atoms with Crippen LogP contribution in [-0.2, 0) is 19.7 Å². The molecule has 6 nitrogen and oxygen atoms in total. The summed E-state index contributed by atoms with van der Waals surface area (Å²) in [5.74, 6) is 0.619. The molecular formula is C30H26N4O2. The van der Waals surface area contributed by atoms with Crippen molar-refractivity contribution in [1.82, 2.24) is 20.1 Å². The first kappa shape index (κ1) is 23.1. The first-order valence-corrected chi connectivity index (χ1v) is 11.8. The lowest BCUT2D eigenvalue weighted by molar-refractivity contribution is 0.0951. The van der Waals surface area contributed by atoms with Gasteiger partial charge in [-0.1, -0.05) is 60.7 Å². The standard InChI is InChI=1S/C30H26N4O2/c35-30(32-20-24-7-5-9-27(19-24)36-22-26-8-3-4-16-31-26)29-11-2-1-10-28(29)25-14-12-23(13-15-25)21-34-18-6-17-33-34/h1-19H,20-22H2,(H,32,35). The van der Waals surface area contributed by atoms with Gasteiger partial charge in [-0.15, -0.1) is 0 Å². The SMILES string of the molecule is O=C(NCc1cccc(OCc2ccccn2)c1)c1ccccc1-c1ccc(Cn2cccn2)cc1. The highest BCUT2D eigenvalue weighted by Crippen LogP contribution is 2.24. The number of carbonyl (C=O) groups excluding carboxylic acids is 1. The average molecular weight is 475 g/mol. The largest absolute Gasteiger partial charge is 0.487 e. The highest BCUT2D eigenvalue weighted by atomic mass is 16.5. The quantitative estimate of drug-likeness (QED) is 0.306. The third-order valence-electron chi connectivity index (χ3n) is 5.80. The molecule has 0 saturated carbocycles. The van der Waals surface area contributed by atoms with Crippen molar-refractivity contribution in [3.63, 3.8) is 0 Å². The van der Waals surface area contributed by atoms with Crippen LogP contribution in [-0.4, -0.2) is 20.7 Å². The van der Waals surface area contributed by atoms with Gasteiger partial charge in [-0.25, -0.2) is 0 Å². The molecule has 1 amide bonds. The number of pyridine rings is 1. The van der Waals surface area contributed by atoms with E-state index in [1.165, 1.54) is 0 Å². The second-order valence-electron chi connectivity index (χ2n) is 8.39. The lowest BCUT2D eigenvalue weighted by Crippen LogP contribution is -2.23. The third-order valence-corrected chi connectivity index (χ3v) is 5.80. The molecule has 5 aromatic rings. The lowest BCUT2D eigenvalue weighted by Gasteiger charge is -2.12.